The third-order valence-electron chi connectivity index (χ3n) is 2.29. The van der Waals surface area contributed by atoms with Gasteiger partial charge in [-0.25, -0.2) is 0 Å². The van der Waals surface area contributed by atoms with Gasteiger partial charge in [-0.15, -0.1) is 0 Å². The first kappa shape index (κ1) is 10.1. The van der Waals surface area contributed by atoms with Crippen LogP contribution in [0.1, 0.15) is 23.2 Å². The van der Waals surface area contributed by atoms with Crippen molar-refractivity contribution >= 4 is 5.78 Å². The molecule has 0 aromatic heterocycles. The maximum atomic E-state index is 11.9. The molecule has 0 atom stereocenters. The summed E-state index contributed by atoms with van der Waals surface area (Å²) in [5.41, 5.74) is 0.454. The molecule has 1 aromatic rings. The summed E-state index contributed by atoms with van der Waals surface area (Å²) in [7, 11) is 0. The van der Waals surface area contributed by atoms with Crippen LogP contribution in [0.4, 0.5) is 8.78 Å². The van der Waals surface area contributed by atoms with Crippen LogP contribution < -0.4 is 4.74 Å². The Balaban J connectivity index is 2.14. The molecule has 0 N–H and O–H groups in total. The Bertz CT molecular complexity index is 373. The quantitative estimate of drug-likeness (QED) is 0.717. The summed E-state index contributed by atoms with van der Waals surface area (Å²) in [6.07, 6.45) is 1.80. The van der Waals surface area contributed by atoms with Gasteiger partial charge in [0.2, 0.25) is 0 Å². The predicted octanol–water partition coefficient (Wildman–Crippen LogP) is 2.88. The zero-order chi connectivity index (χ0) is 10.8. The van der Waals surface area contributed by atoms with E-state index in [9.17, 15) is 13.6 Å². The number of rotatable bonds is 4. The van der Waals surface area contributed by atoms with E-state index in [-0.39, 0.29) is 17.5 Å². The lowest BCUT2D eigenvalue weighted by Crippen LogP contribution is -2.05. The number of ketones is 1. The highest BCUT2D eigenvalue weighted by Crippen LogP contribution is 2.33. The first-order chi connectivity index (χ1) is 7.16. The highest BCUT2D eigenvalue weighted by atomic mass is 19.3. The van der Waals surface area contributed by atoms with E-state index in [0.29, 0.717) is 5.56 Å². The number of hydrogen-bond acceptors (Lipinski definition) is 2. The Labute approximate surface area is 85.9 Å². The molecule has 1 aliphatic rings. The number of alkyl halides is 2. The monoisotopic (exact) mass is 212 g/mol. The average molecular weight is 212 g/mol. The third kappa shape index (κ3) is 2.52. The molecule has 0 unspecified atom stereocenters. The Kier molecular flexibility index (Phi) is 2.66. The zero-order valence-electron chi connectivity index (χ0n) is 7.95. The lowest BCUT2D eigenvalue weighted by atomic mass is 10.1. The van der Waals surface area contributed by atoms with Gasteiger partial charge in [0.1, 0.15) is 5.75 Å². The number of halogens is 2. The molecule has 1 aliphatic carbocycles. The molecule has 0 heterocycles. The molecule has 0 amide bonds. The molecule has 2 rings (SSSR count). The molecule has 0 saturated heterocycles. The van der Waals surface area contributed by atoms with Crippen LogP contribution in [0.5, 0.6) is 5.75 Å². The number of carbonyl (C=O) groups is 1. The van der Waals surface area contributed by atoms with Crippen molar-refractivity contribution in [3.8, 4) is 5.75 Å². The van der Waals surface area contributed by atoms with Crippen LogP contribution in [-0.2, 0) is 0 Å². The molecule has 1 aromatic carbocycles. The summed E-state index contributed by atoms with van der Waals surface area (Å²) in [4.78, 5) is 11.6. The van der Waals surface area contributed by atoms with Gasteiger partial charge in [-0.2, -0.15) is 8.78 Å². The number of ether oxygens (including phenoxy) is 1. The van der Waals surface area contributed by atoms with Crippen molar-refractivity contribution in [1.82, 2.24) is 0 Å². The fourth-order valence-corrected chi connectivity index (χ4v) is 1.41. The summed E-state index contributed by atoms with van der Waals surface area (Å²) >= 11 is 0. The smallest absolute Gasteiger partial charge is 0.387 e. The molecule has 0 radical (unpaired) electrons. The molecule has 2 nitrogen and oxygen atoms in total. The second-order valence-electron chi connectivity index (χ2n) is 3.54. The summed E-state index contributed by atoms with van der Waals surface area (Å²) < 4.78 is 28.1. The van der Waals surface area contributed by atoms with E-state index in [0.717, 1.165) is 12.8 Å². The Morgan fingerprint density at radius 2 is 2.13 bits per heavy atom. The van der Waals surface area contributed by atoms with E-state index in [1.54, 1.807) is 12.1 Å². The largest absolute Gasteiger partial charge is 0.435 e. The molecule has 15 heavy (non-hydrogen) atoms. The summed E-state index contributed by atoms with van der Waals surface area (Å²) in [6.45, 7) is -2.85. The number of carbonyl (C=O) groups excluding carboxylic acids is 1. The van der Waals surface area contributed by atoms with Gasteiger partial charge in [-0.1, -0.05) is 12.1 Å². The molecule has 0 aliphatic heterocycles. The van der Waals surface area contributed by atoms with Crippen molar-refractivity contribution in [3.05, 3.63) is 29.8 Å². The average Bonchev–Trinajstić information content (AvgIpc) is 2.99. The second-order valence-corrected chi connectivity index (χ2v) is 3.54. The van der Waals surface area contributed by atoms with Gasteiger partial charge in [0, 0.05) is 11.5 Å². The highest BCUT2D eigenvalue weighted by molar-refractivity contribution is 5.99. The summed E-state index contributed by atoms with van der Waals surface area (Å²) in [5, 5.41) is 0. The third-order valence-corrected chi connectivity index (χ3v) is 2.29. The van der Waals surface area contributed by atoms with Crippen LogP contribution in [0, 0.1) is 5.92 Å². The van der Waals surface area contributed by atoms with Crippen LogP contribution in [0.3, 0.4) is 0 Å². The van der Waals surface area contributed by atoms with E-state index < -0.39 is 6.61 Å². The Hall–Kier alpha value is -1.45. The van der Waals surface area contributed by atoms with Crippen LogP contribution in [0.2, 0.25) is 0 Å². The van der Waals surface area contributed by atoms with E-state index in [1.165, 1.54) is 12.1 Å². The Morgan fingerprint density at radius 1 is 1.40 bits per heavy atom. The predicted molar refractivity (Wildman–Crippen MR) is 50.1 cm³/mol. The van der Waals surface area contributed by atoms with E-state index in [4.69, 9.17) is 0 Å². The van der Waals surface area contributed by atoms with Crippen LogP contribution in [0.15, 0.2) is 24.3 Å². The normalized spacial score (nSPS) is 15.4. The van der Waals surface area contributed by atoms with Gasteiger partial charge in [0.15, 0.2) is 5.78 Å². The lowest BCUT2D eigenvalue weighted by Gasteiger charge is -2.05. The van der Waals surface area contributed by atoms with E-state index in [2.05, 4.69) is 4.74 Å². The van der Waals surface area contributed by atoms with Gasteiger partial charge in [-0.05, 0) is 25.0 Å². The standard InChI is InChI=1S/C11H10F2O2/c12-11(13)15-9-3-1-2-8(6-9)10(14)7-4-5-7/h1-3,6-7,11H,4-5H2. The highest BCUT2D eigenvalue weighted by Gasteiger charge is 2.30. The summed E-state index contributed by atoms with van der Waals surface area (Å²) in [6, 6.07) is 5.95. The lowest BCUT2D eigenvalue weighted by molar-refractivity contribution is -0.0498. The molecule has 1 saturated carbocycles. The minimum Gasteiger partial charge on any atom is -0.435 e. The van der Waals surface area contributed by atoms with Gasteiger partial charge in [0.25, 0.3) is 0 Å². The fraction of sp³-hybridized carbons (Fsp3) is 0.364. The molecular formula is C11H10F2O2. The van der Waals surface area contributed by atoms with Crippen molar-refractivity contribution in [2.45, 2.75) is 19.5 Å². The Morgan fingerprint density at radius 3 is 2.73 bits per heavy atom. The minimum absolute atomic E-state index is 0.0229. The van der Waals surface area contributed by atoms with E-state index in [1.807, 2.05) is 0 Å². The van der Waals surface area contributed by atoms with Gasteiger partial charge in [0.05, 0.1) is 0 Å². The SMILES string of the molecule is O=C(c1cccc(OC(F)F)c1)C1CC1. The van der Waals surface area contributed by atoms with E-state index >= 15 is 0 Å². The topological polar surface area (TPSA) is 26.3 Å². The molecular weight excluding hydrogens is 202 g/mol. The van der Waals surface area contributed by atoms with Crippen molar-refractivity contribution < 1.29 is 18.3 Å². The van der Waals surface area contributed by atoms with Gasteiger partial charge >= 0.3 is 6.61 Å². The van der Waals surface area contributed by atoms with Crippen molar-refractivity contribution in [2.75, 3.05) is 0 Å². The minimum atomic E-state index is -2.85. The zero-order valence-corrected chi connectivity index (χ0v) is 7.95. The number of Topliss-reactive ketones (excluding diaryl/α,β-unsaturated/α-hetero) is 1. The number of hydrogen-bond donors (Lipinski definition) is 0. The number of benzene rings is 1. The molecule has 0 spiro atoms. The first-order valence-electron chi connectivity index (χ1n) is 4.76. The van der Waals surface area contributed by atoms with Gasteiger partial charge in [-0.3, -0.25) is 4.79 Å². The fourth-order valence-electron chi connectivity index (χ4n) is 1.41. The van der Waals surface area contributed by atoms with Gasteiger partial charge < -0.3 is 4.74 Å². The second kappa shape index (κ2) is 3.96. The summed E-state index contributed by atoms with van der Waals surface area (Å²) in [5.74, 6) is 0.151. The van der Waals surface area contributed by atoms with Crippen molar-refractivity contribution in [3.63, 3.8) is 0 Å². The van der Waals surface area contributed by atoms with Crippen LogP contribution in [0.25, 0.3) is 0 Å². The maximum Gasteiger partial charge on any atom is 0.387 e. The molecule has 0 bridgehead atoms. The molecule has 4 heteroatoms. The van der Waals surface area contributed by atoms with Crippen molar-refractivity contribution in [1.29, 1.82) is 0 Å². The molecule has 1 fully saturated rings. The molecule has 80 valence electrons. The van der Waals surface area contributed by atoms with Crippen LogP contribution >= 0.6 is 0 Å². The van der Waals surface area contributed by atoms with Crippen LogP contribution in [-0.4, -0.2) is 12.4 Å². The van der Waals surface area contributed by atoms with Crippen molar-refractivity contribution in [2.24, 2.45) is 5.92 Å². The first-order valence-corrected chi connectivity index (χ1v) is 4.76. The maximum absolute atomic E-state index is 11.9.